The van der Waals surface area contributed by atoms with Crippen LogP contribution in [-0.2, 0) is 13.9 Å². The minimum atomic E-state index is -4.85. The molecule has 1 aliphatic carbocycles. The van der Waals surface area contributed by atoms with Crippen LogP contribution in [0, 0.1) is 17.8 Å². The van der Waals surface area contributed by atoms with E-state index in [0.29, 0.717) is 0 Å². The normalized spacial score (nSPS) is 34.3. The van der Waals surface area contributed by atoms with Gasteiger partial charge in [-0.1, -0.05) is 6.92 Å². The standard InChI is InChI=1S/C8H16NO9P/c1-3-5(7(11)9-14)8(12,13)4(6(3)10)2-18-19(15,16)17/h3-6,10,12-14H,2H2,1H3,(H,9,11)(H2,15,16,17)/t3?,4?,5?,6-/m0/s1. The Labute approximate surface area is 107 Å². The van der Waals surface area contributed by atoms with E-state index in [1.165, 1.54) is 12.4 Å². The summed E-state index contributed by atoms with van der Waals surface area (Å²) >= 11 is 0. The van der Waals surface area contributed by atoms with Crippen LogP contribution in [0.15, 0.2) is 0 Å². The molecular weight excluding hydrogens is 285 g/mol. The van der Waals surface area contributed by atoms with Crippen LogP contribution in [0.5, 0.6) is 0 Å². The number of amides is 1. The Morgan fingerprint density at radius 1 is 1.42 bits per heavy atom. The van der Waals surface area contributed by atoms with Crippen LogP contribution >= 0.6 is 7.82 Å². The van der Waals surface area contributed by atoms with Crippen molar-refractivity contribution in [2.75, 3.05) is 6.61 Å². The molecule has 11 heteroatoms. The number of rotatable bonds is 4. The largest absolute Gasteiger partial charge is 0.469 e. The van der Waals surface area contributed by atoms with Crippen LogP contribution in [0.3, 0.4) is 0 Å². The zero-order valence-corrected chi connectivity index (χ0v) is 10.8. The van der Waals surface area contributed by atoms with E-state index in [9.17, 15) is 24.7 Å². The Hall–Kier alpha value is -0.580. The molecule has 1 aliphatic rings. The quantitative estimate of drug-likeness (QED) is 0.128. The van der Waals surface area contributed by atoms with E-state index in [1.807, 2.05) is 0 Å². The molecule has 10 nitrogen and oxygen atoms in total. The SMILES string of the molecule is CC1C(C(=O)NO)C(O)(O)C(COP(=O)(O)O)[C@H]1O. The van der Waals surface area contributed by atoms with E-state index < -0.39 is 50.0 Å². The van der Waals surface area contributed by atoms with Gasteiger partial charge in [-0.3, -0.25) is 14.5 Å². The Morgan fingerprint density at radius 2 is 1.95 bits per heavy atom. The molecule has 1 amide bonds. The second kappa shape index (κ2) is 5.43. The van der Waals surface area contributed by atoms with Gasteiger partial charge in [-0.05, 0) is 5.92 Å². The molecule has 112 valence electrons. The summed E-state index contributed by atoms with van der Waals surface area (Å²) in [6, 6.07) is 0. The first-order valence-electron chi connectivity index (χ1n) is 5.29. The summed E-state index contributed by atoms with van der Waals surface area (Å²) in [7, 11) is -4.85. The maximum Gasteiger partial charge on any atom is 0.469 e. The minimum absolute atomic E-state index is 0.863. The molecule has 0 heterocycles. The van der Waals surface area contributed by atoms with Gasteiger partial charge in [0.15, 0.2) is 5.79 Å². The Kier molecular flexibility index (Phi) is 4.71. The number of phosphoric acid groups is 1. The highest BCUT2D eigenvalue weighted by Gasteiger charge is 2.60. The molecule has 19 heavy (non-hydrogen) atoms. The predicted molar refractivity (Wildman–Crippen MR) is 57.2 cm³/mol. The summed E-state index contributed by atoms with van der Waals surface area (Å²) in [5, 5.41) is 38.0. The first-order chi connectivity index (χ1) is 8.52. The van der Waals surface area contributed by atoms with E-state index in [1.54, 1.807) is 0 Å². The second-order valence-electron chi connectivity index (χ2n) is 4.48. The Morgan fingerprint density at radius 3 is 2.37 bits per heavy atom. The average Bonchev–Trinajstić information content (AvgIpc) is 2.42. The van der Waals surface area contributed by atoms with Crippen LogP contribution in [0.1, 0.15) is 6.92 Å². The summed E-state index contributed by atoms with van der Waals surface area (Å²) in [5.74, 6) is -7.96. The predicted octanol–water partition coefficient (Wildman–Crippen LogP) is -2.47. The van der Waals surface area contributed by atoms with Crippen LogP contribution in [-0.4, -0.2) is 54.7 Å². The van der Waals surface area contributed by atoms with Crippen molar-refractivity contribution >= 4 is 13.7 Å². The van der Waals surface area contributed by atoms with Crippen LogP contribution in [0.2, 0.25) is 0 Å². The number of nitrogens with one attached hydrogen (secondary N) is 1. The van der Waals surface area contributed by atoms with Crippen LogP contribution < -0.4 is 5.48 Å². The van der Waals surface area contributed by atoms with Gasteiger partial charge in [0.1, 0.15) is 0 Å². The van der Waals surface area contributed by atoms with Gasteiger partial charge in [0, 0.05) is 0 Å². The van der Waals surface area contributed by atoms with Crippen LogP contribution in [0.25, 0.3) is 0 Å². The van der Waals surface area contributed by atoms with Gasteiger partial charge in [0.2, 0.25) is 0 Å². The fraction of sp³-hybridized carbons (Fsp3) is 0.875. The summed E-state index contributed by atoms with van der Waals surface area (Å²) in [4.78, 5) is 28.4. The van der Waals surface area contributed by atoms with Crippen molar-refractivity contribution < 1.29 is 44.2 Å². The lowest BCUT2D eigenvalue weighted by Crippen LogP contribution is -2.49. The van der Waals surface area contributed by atoms with Gasteiger partial charge in [-0.2, -0.15) is 0 Å². The summed E-state index contributed by atoms with van der Waals surface area (Å²) in [5.41, 5.74) is 1.24. The number of aliphatic hydroxyl groups is 3. The zero-order valence-electron chi connectivity index (χ0n) is 9.87. The fourth-order valence-electron chi connectivity index (χ4n) is 2.33. The van der Waals surface area contributed by atoms with Gasteiger partial charge < -0.3 is 25.1 Å². The highest BCUT2D eigenvalue weighted by Crippen LogP contribution is 2.46. The number of carbonyl (C=O) groups excluding carboxylic acids is 1. The molecule has 0 aliphatic heterocycles. The van der Waals surface area contributed by atoms with Gasteiger partial charge >= 0.3 is 7.82 Å². The van der Waals surface area contributed by atoms with E-state index in [4.69, 9.17) is 15.0 Å². The fourth-order valence-corrected chi connectivity index (χ4v) is 2.69. The molecule has 0 aromatic heterocycles. The molecule has 0 saturated heterocycles. The van der Waals surface area contributed by atoms with Crippen molar-refractivity contribution in [3.05, 3.63) is 0 Å². The van der Waals surface area contributed by atoms with Crippen molar-refractivity contribution in [3.8, 4) is 0 Å². The summed E-state index contributed by atoms with van der Waals surface area (Å²) in [6.45, 7) is 0.460. The molecule has 0 aromatic carbocycles. The van der Waals surface area contributed by atoms with E-state index >= 15 is 0 Å². The van der Waals surface area contributed by atoms with E-state index in [-0.39, 0.29) is 0 Å². The van der Waals surface area contributed by atoms with Crippen molar-refractivity contribution in [2.45, 2.75) is 18.8 Å². The maximum absolute atomic E-state index is 11.3. The van der Waals surface area contributed by atoms with Gasteiger partial charge in [0.25, 0.3) is 5.91 Å². The highest BCUT2D eigenvalue weighted by atomic mass is 31.2. The Balaban J connectivity index is 2.94. The number of hydrogen-bond donors (Lipinski definition) is 7. The first-order valence-corrected chi connectivity index (χ1v) is 6.82. The summed E-state index contributed by atoms with van der Waals surface area (Å²) < 4.78 is 14.7. The third kappa shape index (κ3) is 3.30. The lowest BCUT2D eigenvalue weighted by molar-refractivity contribution is -0.227. The third-order valence-electron chi connectivity index (χ3n) is 3.30. The topological polar surface area (TPSA) is 177 Å². The van der Waals surface area contributed by atoms with E-state index in [0.717, 1.165) is 0 Å². The monoisotopic (exact) mass is 301 g/mol. The lowest BCUT2D eigenvalue weighted by atomic mass is 9.92. The van der Waals surface area contributed by atoms with Gasteiger partial charge in [0.05, 0.1) is 24.5 Å². The number of phosphoric ester groups is 1. The Bertz CT molecular complexity index is 394. The second-order valence-corrected chi connectivity index (χ2v) is 5.72. The third-order valence-corrected chi connectivity index (χ3v) is 3.78. The van der Waals surface area contributed by atoms with Crippen molar-refractivity contribution in [1.82, 2.24) is 5.48 Å². The van der Waals surface area contributed by atoms with Crippen LogP contribution in [0.4, 0.5) is 0 Å². The molecule has 4 atom stereocenters. The minimum Gasteiger partial charge on any atom is -0.392 e. The van der Waals surface area contributed by atoms with Gasteiger partial charge in [-0.15, -0.1) is 0 Å². The first kappa shape index (κ1) is 16.5. The van der Waals surface area contributed by atoms with Crippen molar-refractivity contribution in [3.63, 3.8) is 0 Å². The number of hydroxylamine groups is 1. The van der Waals surface area contributed by atoms with Crippen molar-refractivity contribution in [1.29, 1.82) is 0 Å². The molecule has 3 unspecified atom stereocenters. The molecule has 1 rings (SSSR count). The summed E-state index contributed by atoms with van der Waals surface area (Å²) in [6.07, 6.45) is -1.45. The molecular formula is C8H16NO9P. The molecule has 1 saturated carbocycles. The number of aliphatic hydroxyl groups excluding tert-OH is 1. The molecule has 0 radical (unpaired) electrons. The van der Waals surface area contributed by atoms with Gasteiger partial charge in [-0.25, -0.2) is 10.0 Å². The molecule has 0 bridgehead atoms. The van der Waals surface area contributed by atoms with Crippen molar-refractivity contribution in [2.24, 2.45) is 17.8 Å². The lowest BCUT2D eigenvalue weighted by Gasteiger charge is -2.29. The number of carbonyl (C=O) groups is 1. The molecule has 0 spiro atoms. The molecule has 0 aromatic rings. The molecule has 7 N–H and O–H groups in total. The average molecular weight is 301 g/mol. The number of hydrogen-bond acceptors (Lipinski definition) is 7. The smallest absolute Gasteiger partial charge is 0.392 e. The molecule has 1 fully saturated rings. The maximum atomic E-state index is 11.3. The zero-order chi connectivity index (χ0) is 15.0. The highest BCUT2D eigenvalue weighted by molar-refractivity contribution is 7.46. The van der Waals surface area contributed by atoms with E-state index in [2.05, 4.69) is 4.52 Å².